The summed E-state index contributed by atoms with van der Waals surface area (Å²) in [5, 5.41) is 15.0. The Hall–Kier alpha value is -3.35. The molecule has 0 heterocycles. The van der Waals surface area contributed by atoms with Crippen LogP contribution in [-0.2, 0) is 14.3 Å². The normalized spacial score (nSPS) is 19.6. The Morgan fingerprint density at radius 1 is 1.00 bits per heavy atom. The number of rotatable bonds is 9. The number of carbonyl (C=O) groups excluding carboxylic acids is 2. The molecule has 0 bridgehead atoms. The summed E-state index contributed by atoms with van der Waals surface area (Å²) in [5.74, 6) is -1.45. The van der Waals surface area contributed by atoms with E-state index in [1.165, 1.54) is 11.1 Å². The molecule has 0 saturated heterocycles. The highest BCUT2D eigenvalue weighted by atomic mass is 16.5. The number of ether oxygens (including phenoxy) is 1. The Kier molecular flexibility index (Phi) is 7.73. The highest BCUT2D eigenvalue weighted by Crippen LogP contribution is 2.44. The second kappa shape index (κ2) is 10.9. The summed E-state index contributed by atoms with van der Waals surface area (Å²) in [4.78, 5) is 36.9. The molecule has 0 radical (unpaired) electrons. The van der Waals surface area contributed by atoms with Gasteiger partial charge in [0.1, 0.15) is 12.6 Å². The van der Waals surface area contributed by atoms with E-state index in [1.807, 2.05) is 38.1 Å². The van der Waals surface area contributed by atoms with Crippen LogP contribution in [0, 0.1) is 17.8 Å². The first-order valence-electron chi connectivity index (χ1n) is 12.5. The minimum absolute atomic E-state index is 0.00735. The topological polar surface area (TPSA) is 105 Å². The summed E-state index contributed by atoms with van der Waals surface area (Å²) in [5.41, 5.74) is 4.66. The van der Waals surface area contributed by atoms with Gasteiger partial charge in [-0.2, -0.15) is 0 Å². The van der Waals surface area contributed by atoms with Crippen LogP contribution < -0.4 is 10.6 Å². The number of amides is 2. The standard InChI is InChI=1S/C28H34N2O5/c1-17(2)14-25(27(32)33)30-26(31)19-13-7-8-18(19)15-29-28(34)35-16-24-22-11-5-3-9-20(22)21-10-4-6-12-23(21)24/h3-6,9-12,17-19,24-25H,7-8,13-16H2,1-2H3,(H,29,34)(H,30,31)(H,32,33)/t18-,19-,25+/m0/s1. The van der Waals surface area contributed by atoms with Gasteiger partial charge in [-0.05, 0) is 53.4 Å². The molecule has 2 aromatic rings. The summed E-state index contributed by atoms with van der Waals surface area (Å²) in [6.45, 7) is 4.43. The van der Waals surface area contributed by atoms with Crippen molar-refractivity contribution in [2.24, 2.45) is 17.8 Å². The van der Waals surface area contributed by atoms with Crippen LogP contribution >= 0.6 is 0 Å². The SMILES string of the molecule is CC(C)C[C@@H](NC(=O)[C@H]1CCC[C@H]1CNC(=O)OCC1c2ccccc2-c2ccccc21)C(=O)O. The molecule has 0 unspecified atom stereocenters. The van der Waals surface area contributed by atoms with E-state index in [2.05, 4.69) is 34.9 Å². The summed E-state index contributed by atoms with van der Waals surface area (Å²) in [6, 6.07) is 15.5. The molecule has 2 aliphatic rings. The first kappa shape index (κ1) is 24.8. The van der Waals surface area contributed by atoms with Crippen molar-refractivity contribution in [3.63, 3.8) is 0 Å². The van der Waals surface area contributed by atoms with E-state index in [-0.39, 0.29) is 36.2 Å². The van der Waals surface area contributed by atoms with Gasteiger partial charge in [-0.25, -0.2) is 9.59 Å². The molecule has 0 spiro atoms. The third-order valence-electron chi connectivity index (χ3n) is 7.17. The molecule has 4 rings (SSSR count). The fraction of sp³-hybridized carbons (Fsp3) is 0.464. The van der Waals surface area contributed by atoms with Crippen molar-refractivity contribution in [3.05, 3.63) is 59.7 Å². The van der Waals surface area contributed by atoms with Crippen LogP contribution in [0.5, 0.6) is 0 Å². The van der Waals surface area contributed by atoms with E-state index in [9.17, 15) is 19.5 Å². The summed E-state index contributed by atoms with van der Waals surface area (Å²) in [6.07, 6.45) is 2.26. The van der Waals surface area contributed by atoms with Crippen LogP contribution in [0.2, 0.25) is 0 Å². The van der Waals surface area contributed by atoms with Crippen LogP contribution in [0.25, 0.3) is 11.1 Å². The summed E-state index contributed by atoms with van der Waals surface area (Å²) < 4.78 is 5.61. The number of hydrogen-bond donors (Lipinski definition) is 3. The van der Waals surface area contributed by atoms with Gasteiger partial charge in [0.15, 0.2) is 0 Å². The van der Waals surface area contributed by atoms with Crippen molar-refractivity contribution in [2.75, 3.05) is 13.2 Å². The number of carboxylic acid groups (broad SMARTS) is 1. The lowest BCUT2D eigenvalue weighted by Crippen LogP contribution is -2.46. The highest BCUT2D eigenvalue weighted by Gasteiger charge is 2.35. The predicted molar refractivity (Wildman–Crippen MR) is 133 cm³/mol. The maximum atomic E-state index is 12.8. The minimum Gasteiger partial charge on any atom is -0.480 e. The molecule has 2 aliphatic carbocycles. The van der Waals surface area contributed by atoms with Gasteiger partial charge >= 0.3 is 12.1 Å². The molecule has 0 aromatic heterocycles. The fourth-order valence-corrected chi connectivity index (χ4v) is 5.46. The van der Waals surface area contributed by atoms with E-state index in [0.29, 0.717) is 19.4 Å². The molecule has 7 heteroatoms. The maximum absolute atomic E-state index is 12.8. The first-order chi connectivity index (χ1) is 16.8. The maximum Gasteiger partial charge on any atom is 0.407 e. The number of aliphatic carboxylic acids is 1. The number of benzene rings is 2. The van der Waals surface area contributed by atoms with Crippen LogP contribution in [0.1, 0.15) is 56.6 Å². The number of carbonyl (C=O) groups is 3. The second-order valence-corrected chi connectivity index (χ2v) is 10.0. The molecule has 3 atom stereocenters. The largest absolute Gasteiger partial charge is 0.480 e. The van der Waals surface area contributed by atoms with Gasteiger partial charge in [0.05, 0.1) is 0 Å². The molecule has 0 aliphatic heterocycles. The molecule has 3 N–H and O–H groups in total. The quantitative estimate of drug-likeness (QED) is 0.490. The van der Waals surface area contributed by atoms with E-state index < -0.39 is 18.1 Å². The van der Waals surface area contributed by atoms with Crippen LogP contribution in [-0.4, -0.2) is 42.3 Å². The molecule has 186 valence electrons. The lowest BCUT2D eigenvalue weighted by atomic mass is 9.94. The van der Waals surface area contributed by atoms with E-state index in [1.54, 1.807) is 0 Å². The smallest absolute Gasteiger partial charge is 0.407 e. The molecule has 1 fully saturated rings. The molecule has 35 heavy (non-hydrogen) atoms. The van der Waals surface area contributed by atoms with Crippen molar-refractivity contribution in [2.45, 2.75) is 51.5 Å². The molecule has 2 aromatic carbocycles. The van der Waals surface area contributed by atoms with Gasteiger partial charge in [0.25, 0.3) is 0 Å². The zero-order valence-corrected chi connectivity index (χ0v) is 20.3. The summed E-state index contributed by atoms with van der Waals surface area (Å²) in [7, 11) is 0. The zero-order chi connectivity index (χ0) is 24.9. The Bertz CT molecular complexity index is 1040. The van der Waals surface area contributed by atoms with Gasteiger partial charge in [0.2, 0.25) is 5.91 Å². The number of carboxylic acids is 1. The number of alkyl carbamates (subject to hydrolysis) is 1. The Morgan fingerprint density at radius 3 is 2.23 bits per heavy atom. The lowest BCUT2D eigenvalue weighted by Gasteiger charge is -2.23. The fourth-order valence-electron chi connectivity index (χ4n) is 5.46. The van der Waals surface area contributed by atoms with Gasteiger partial charge in [-0.3, -0.25) is 4.79 Å². The van der Waals surface area contributed by atoms with E-state index in [0.717, 1.165) is 24.0 Å². The Morgan fingerprint density at radius 2 is 1.63 bits per heavy atom. The van der Waals surface area contributed by atoms with E-state index >= 15 is 0 Å². The van der Waals surface area contributed by atoms with Crippen LogP contribution in [0.15, 0.2) is 48.5 Å². The van der Waals surface area contributed by atoms with Crippen molar-refractivity contribution in [1.82, 2.24) is 10.6 Å². The molecule has 7 nitrogen and oxygen atoms in total. The number of hydrogen-bond acceptors (Lipinski definition) is 4. The van der Waals surface area contributed by atoms with Crippen molar-refractivity contribution < 1.29 is 24.2 Å². The first-order valence-corrected chi connectivity index (χ1v) is 12.5. The molecular formula is C28H34N2O5. The monoisotopic (exact) mass is 478 g/mol. The lowest BCUT2D eigenvalue weighted by molar-refractivity contribution is -0.143. The highest BCUT2D eigenvalue weighted by molar-refractivity contribution is 5.85. The van der Waals surface area contributed by atoms with E-state index in [4.69, 9.17) is 4.74 Å². The molecule has 2 amide bonds. The molecule has 1 saturated carbocycles. The van der Waals surface area contributed by atoms with Crippen LogP contribution in [0.3, 0.4) is 0 Å². The zero-order valence-electron chi connectivity index (χ0n) is 20.3. The van der Waals surface area contributed by atoms with Crippen molar-refractivity contribution in [3.8, 4) is 11.1 Å². The van der Waals surface area contributed by atoms with Gasteiger partial charge in [-0.15, -0.1) is 0 Å². The van der Waals surface area contributed by atoms with Gasteiger partial charge in [-0.1, -0.05) is 68.8 Å². The average molecular weight is 479 g/mol. The minimum atomic E-state index is -1.02. The predicted octanol–water partition coefficient (Wildman–Crippen LogP) is 4.56. The number of fused-ring (bicyclic) bond motifs is 3. The molecular weight excluding hydrogens is 444 g/mol. The average Bonchev–Trinajstić information content (AvgIpc) is 3.43. The van der Waals surface area contributed by atoms with Crippen molar-refractivity contribution >= 4 is 18.0 Å². The van der Waals surface area contributed by atoms with Gasteiger partial charge < -0.3 is 20.5 Å². The number of nitrogens with one attached hydrogen (secondary N) is 2. The van der Waals surface area contributed by atoms with Gasteiger partial charge in [0, 0.05) is 18.4 Å². The van der Waals surface area contributed by atoms with Crippen LogP contribution in [0.4, 0.5) is 4.79 Å². The Labute approximate surface area is 206 Å². The second-order valence-electron chi connectivity index (χ2n) is 10.0. The third-order valence-corrected chi connectivity index (χ3v) is 7.17. The van der Waals surface area contributed by atoms with Crippen molar-refractivity contribution in [1.29, 1.82) is 0 Å². The third kappa shape index (κ3) is 5.66. The Balaban J connectivity index is 1.30. The summed E-state index contributed by atoms with van der Waals surface area (Å²) >= 11 is 0.